The number of nitriles is 1. The number of pyridine rings is 1. The Labute approximate surface area is 179 Å². The van der Waals surface area contributed by atoms with Gasteiger partial charge in [0.25, 0.3) is 0 Å². The van der Waals surface area contributed by atoms with Crippen LogP contribution in [-0.2, 0) is 6.61 Å². The van der Waals surface area contributed by atoms with E-state index in [-0.39, 0.29) is 5.82 Å². The Balaban J connectivity index is 1.75. The Morgan fingerprint density at radius 1 is 1.10 bits per heavy atom. The van der Waals surface area contributed by atoms with Crippen LogP contribution < -0.4 is 15.2 Å². The van der Waals surface area contributed by atoms with Crippen LogP contribution >= 0.6 is 0 Å². The van der Waals surface area contributed by atoms with Crippen molar-refractivity contribution in [3.8, 4) is 23.4 Å². The number of ether oxygens (including phenoxy) is 2. The van der Waals surface area contributed by atoms with E-state index >= 15 is 0 Å². The van der Waals surface area contributed by atoms with Crippen molar-refractivity contribution in [1.29, 1.82) is 5.26 Å². The number of nitrogens with two attached hydrogens (primary N) is 1. The van der Waals surface area contributed by atoms with Crippen LogP contribution in [0.4, 0.5) is 5.82 Å². The molecule has 31 heavy (non-hydrogen) atoms. The van der Waals surface area contributed by atoms with Crippen molar-refractivity contribution in [2.45, 2.75) is 27.4 Å². The molecule has 4 rings (SSSR count). The number of hydrogen-bond acceptors (Lipinski definition) is 7. The summed E-state index contributed by atoms with van der Waals surface area (Å²) >= 11 is 0. The van der Waals surface area contributed by atoms with Gasteiger partial charge in [0.05, 0.1) is 24.2 Å². The maximum atomic E-state index is 9.65. The minimum Gasteiger partial charge on any atom is -0.497 e. The van der Waals surface area contributed by atoms with Crippen LogP contribution in [0.3, 0.4) is 0 Å². The van der Waals surface area contributed by atoms with Gasteiger partial charge in [-0.2, -0.15) is 5.26 Å². The number of methoxy groups -OCH3 is 1. The molecule has 2 N–H and O–H groups in total. The highest BCUT2D eigenvalue weighted by atomic mass is 16.5. The van der Waals surface area contributed by atoms with Crippen molar-refractivity contribution < 1.29 is 9.47 Å². The van der Waals surface area contributed by atoms with E-state index in [2.05, 4.69) is 21.0 Å². The summed E-state index contributed by atoms with van der Waals surface area (Å²) in [5.74, 6) is 1.51. The Kier molecular flexibility index (Phi) is 5.17. The average molecular weight is 414 g/mol. The van der Waals surface area contributed by atoms with Crippen LogP contribution in [0.15, 0.2) is 36.5 Å². The first-order valence-corrected chi connectivity index (χ1v) is 9.71. The summed E-state index contributed by atoms with van der Waals surface area (Å²) < 4.78 is 12.8. The fourth-order valence-electron chi connectivity index (χ4n) is 3.31. The van der Waals surface area contributed by atoms with Crippen molar-refractivity contribution in [3.05, 3.63) is 64.6 Å². The molecule has 4 aromatic rings. The highest BCUT2D eigenvalue weighted by Gasteiger charge is 2.21. The quantitative estimate of drug-likeness (QED) is 0.529. The van der Waals surface area contributed by atoms with E-state index in [9.17, 15) is 5.26 Å². The molecule has 1 aromatic carbocycles. The van der Waals surface area contributed by atoms with Crippen LogP contribution in [0.2, 0.25) is 0 Å². The molecule has 3 heterocycles. The number of benzene rings is 1. The molecular formula is C23H22N6O2. The number of aryl methyl sites for hydroxylation is 3. The molecule has 0 atom stereocenters. The first-order chi connectivity index (χ1) is 14.9. The zero-order valence-electron chi connectivity index (χ0n) is 17.8. The topological polar surface area (TPSA) is 112 Å². The molecule has 0 aliphatic carbocycles. The van der Waals surface area contributed by atoms with Gasteiger partial charge >= 0.3 is 0 Å². The minimum atomic E-state index is 0.290. The van der Waals surface area contributed by atoms with Crippen LogP contribution in [0.5, 0.6) is 11.6 Å². The SMILES string of the molecule is COc1ccc(COc2cc(-n3c(N)c(C#N)c4nc(C)c(C)nc43)c(C)cn2)cc1. The van der Waals surface area contributed by atoms with Gasteiger partial charge in [0.15, 0.2) is 5.65 Å². The molecule has 8 nitrogen and oxygen atoms in total. The summed E-state index contributed by atoms with van der Waals surface area (Å²) in [5.41, 5.74) is 11.8. The number of hydrogen-bond donors (Lipinski definition) is 1. The smallest absolute Gasteiger partial charge is 0.215 e. The molecule has 156 valence electrons. The van der Waals surface area contributed by atoms with Gasteiger partial charge < -0.3 is 15.2 Å². The van der Waals surface area contributed by atoms with E-state index in [0.717, 1.165) is 34.0 Å². The molecule has 0 saturated heterocycles. The van der Waals surface area contributed by atoms with E-state index in [1.54, 1.807) is 23.9 Å². The number of nitrogens with zero attached hydrogens (tertiary/aromatic N) is 5. The summed E-state index contributed by atoms with van der Waals surface area (Å²) in [6.45, 7) is 6.01. The molecule has 8 heteroatoms. The van der Waals surface area contributed by atoms with Crippen LogP contribution in [0, 0.1) is 32.1 Å². The first-order valence-electron chi connectivity index (χ1n) is 9.71. The third-order valence-corrected chi connectivity index (χ3v) is 5.18. The average Bonchev–Trinajstić information content (AvgIpc) is 3.03. The van der Waals surface area contributed by atoms with Crippen LogP contribution in [0.1, 0.15) is 28.1 Å². The fraction of sp³-hybridized carbons (Fsp3) is 0.217. The lowest BCUT2D eigenvalue weighted by atomic mass is 10.2. The number of fused-ring (bicyclic) bond motifs is 1. The Bertz CT molecular complexity index is 1320. The van der Waals surface area contributed by atoms with Crippen molar-refractivity contribution in [2.75, 3.05) is 12.8 Å². The summed E-state index contributed by atoms with van der Waals surface area (Å²) in [5, 5.41) is 9.65. The standard InChI is InChI=1S/C23H22N6O2/c1-13-11-26-20(31-12-16-5-7-17(30-4)8-6-16)9-19(13)29-22(25)18(10-24)21-23(29)28-15(3)14(2)27-21/h5-9,11H,12,25H2,1-4H3. The monoisotopic (exact) mass is 414 g/mol. The Hall–Kier alpha value is -4.12. The number of nitrogen functional groups attached to an aromatic ring is 1. The summed E-state index contributed by atoms with van der Waals surface area (Å²) in [7, 11) is 1.63. The molecule has 3 aromatic heterocycles. The third-order valence-electron chi connectivity index (χ3n) is 5.18. The van der Waals surface area contributed by atoms with E-state index in [1.165, 1.54) is 0 Å². The predicted octanol–water partition coefficient (Wildman–Crippen LogP) is 3.78. The molecule has 0 spiro atoms. The van der Waals surface area contributed by atoms with Gasteiger partial charge in [0.1, 0.15) is 35.3 Å². The van der Waals surface area contributed by atoms with Crippen LogP contribution in [0.25, 0.3) is 16.9 Å². The van der Waals surface area contributed by atoms with E-state index in [4.69, 9.17) is 15.2 Å². The van der Waals surface area contributed by atoms with Crippen molar-refractivity contribution in [3.63, 3.8) is 0 Å². The zero-order valence-corrected chi connectivity index (χ0v) is 17.8. The van der Waals surface area contributed by atoms with E-state index in [1.807, 2.05) is 45.0 Å². The van der Waals surface area contributed by atoms with Crippen molar-refractivity contribution in [2.24, 2.45) is 0 Å². The molecular weight excluding hydrogens is 392 g/mol. The number of aromatic nitrogens is 4. The maximum absolute atomic E-state index is 9.65. The second-order valence-electron chi connectivity index (χ2n) is 7.22. The zero-order chi connectivity index (χ0) is 22.1. The molecule has 0 aliphatic heterocycles. The summed E-state index contributed by atoms with van der Waals surface area (Å²) in [6, 6.07) is 11.6. The third kappa shape index (κ3) is 3.62. The lowest BCUT2D eigenvalue weighted by molar-refractivity contribution is 0.293. The van der Waals surface area contributed by atoms with E-state index < -0.39 is 0 Å². The summed E-state index contributed by atoms with van der Waals surface area (Å²) in [4.78, 5) is 13.6. The van der Waals surface area contributed by atoms with Crippen molar-refractivity contribution >= 4 is 17.0 Å². The molecule has 0 bridgehead atoms. The minimum absolute atomic E-state index is 0.290. The first kappa shape index (κ1) is 20.2. The fourth-order valence-corrected chi connectivity index (χ4v) is 3.31. The second kappa shape index (κ2) is 7.95. The largest absolute Gasteiger partial charge is 0.497 e. The van der Waals surface area contributed by atoms with Crippen molar-refractivity contribution in [1.82, 2.24) is 19.5 Å². The van der Waals surface area contributed by atoms with E-state index in [0.29, 0.717) is 29.2 Å². The van der Waals surface area contributed by atoms with Gasteiger partial charge in [0, 0.05) is 12.3 Å². The summed E-state index contributed by atoms with van der Waals surface area (Å²) in [6.07, 6.45) is 1.71. The van der Waals surface area contributed by atoms with Gasteiger partial charge in [-0.1, -0.05) is 12.1 Å². The lowest BCUT2D eigenvalue weighted by Crippen LogP contribution is -2.06. The molecule has 0 radical (unpaired) electrons. The Morgan fingerprint density at radius 3 is 2.48 bits per heavy atom. The van der Waals surface area contributed by atoms with Gasteiger partial charge in [-0.05, 0) is 44.0 Å². The van der Waals surface area contributed by atoms with Gasteiger partial charge in [-0.3, -0.25) is 4.57 Å². The molecule has 0 aliphatic rings. The lowest BCUT2D eigenvalue weighted by Gasteiger charge is -2.13. The van der Waals surface area contributed by atoms with Crippen LogP contribution in [-0.4, -0.2) is 26.6 Å². The maximum Gasteiger partial charge on any atom is 0.215 e. The second-order valence-corrected chi connectivity index (χ2v) is 7.22. The van der Waals surface area contributed by atoms with Gasteiger partial charge in [-0.15, -0.1) is 0 Å². The van der Waals surface area contributed by atoms with Gasteiger partial charge in [0.2, 0.25) is 5.88 Å². The number of anilines is 1. The normalized spacial score (nSPS) is 10.8. The molecule has 0 saturated carbocycles. The number of rotatable bonds is 5. The molecule has 0 unspecified atom stereocenters. The molecule has 0 fully saturated rings. The predicted molar refractivity (Wildman–Crippen MR) is 117 cm³/mol. The highest BCUT2D eigenvalue weighted by Crippen LogP contribution is 2.32. The highest BCUT2D eigenvalue weighted by molar-refractivity contribution is 5.88. The Morgan fingerprint density at radius 2 is 1.81 bits per heavy atom. The molecule has 0 amide bonds. The van der Waals surface area contributed by atoms with Gasteiger partial charge in [-0.25, -0.2) is 15.0 Å².